The molecule has 3 nitrogen and oxygen atoms in total. The molecule has 0 amide bonds. The van der Waals surface area contributed by atoms with Crippen LogP contribution in [0.1, 0.15) is 48.0 Å². The number of rotatable bonds is 10. The van der Waals surface area contributed by atoms with Crippen LogP contribution in [0.2, 0.25) is 36.3 Å². The maximum Gasteiger partial charge on any atom is 0.191 e. The van der Waals surface area contributed by atoms with Crippen molar-refractivity contribution < 1.29 is 13.6 Å². The van der Waals surface area contributed by atoms with Crippen LogP contribution < -0.4 is 4.74 Å². The van der Waals surface area contributed by atoms with E-state index in [0.717, 1.165) is 29.9 Å². The summed E-state index contributed by atoms with van der Waals surface area (Å²) in [5, 5.41) is 0.428. The summed E-state index contributed by atoms with van der Waals surface area (Å²) in [6, 6.07) is 8.01. The second-order valence-electron chi connectivity index (χ2n) is 11.1. The molecule has 1 rings (SSSR count). The van der Waals surface area contributed by atoms with Crippen molar-refractivity contribution in [1.82, 2.24) is 0 Å². The maximum atomic E-state index is 6.54. The van der Waals surface area contributed by atoms with E-state index in [0.29, 0.717) is 12.5 Å². The van der Waals surface area contributed by atoms with Crippen molar-refractivity contribution in [2.75, 3.05) is 19.8 Å². The van der Waals surface area contributed by atoms with Gasteiger partial charge >= 0.3 is 0 Å². The summed E-state index contributed by atoms with van der Waals surface area (Å²) < 4.78 is 20.1. The minimum absolute atomic E-state index is 0.214. The van der Waals surface area contributed by atoms with Gasteiger partial charge < -0.3 is 13.6 Å². The van der Waals surface area contributed by atoms with Gasteiger partial charge in [0.25, 0.3) is 0 Å². The molecule has 0 atom stereocenters. The molecule has 168 valence electrons. The number of halogens is 1. The van der Waals surface area contributed by atoms with Crippen molar-refractivity contribution in [3.05, 3.63) is 28.7 Å². The Hall–Kier alpha value is -0.146. The summed E-state index contributed by atoms with van der Waals surface area (Å²) in [6.07, 6.45) is 0.930. The van der Waals surface area contributed by atoms with Gasteiger partial charge in [0.1, 0.15) is 5.75 Å². The molecule has 0 radical (unpaired) electrons. The lowest BCUT2D eigenvalue weighted by Crippen LogP contribution is -2.44. The van der Waals surface area contributed by atoms with Gasteiger partial charge in [0, 0.05) is 23.6 Å². The van der Waals surface area contributed by atoms with Crippen LogP contribution >= 0.6 is 15.9 Å². The first-order valence-corrected chi connectivity index (χ1v) is 17.3. The summed E-state index contributed by atoms with van der Waals surface area (Å²) in [5.74, 6) is 1.25. The fraction of sp³-hybridized carbons (Fsp3) is 0.739. The molecule has 1 aromatic carbocycles. The fourth-order valence-electron chi connectivity index (χ4n) is 2.17. The molecular formula is C23H43BrO3Si2. The van der Waals surface area contributed by atoms with Crippen LogP contribution in [0, 0.1) is 5.92 Å². The second-order valence-corrected chi connectivity index (χ2v) is 21.6. The molecule has 0 bridgehead atoms. The lowest BCUT2D eigenvalue weighted by Gasteiger charge is -2.39. The van der Waals surface area contributed by atoms with Crippen molar-refractivity contribution in [1.29, 1.82) is 0 Å². The van der Waals surface area contributed by atoms with Gasteiger partial charge in [0.05, 0.1) is 6.61 Å². The molecule has 0 aliphatic carbocycles. The van der Waals surface area contributed by atoms with E-state index in [1.165, 1.54) is 0 Å². The number of hydrogen-bond donors (Lipinski definition) is 0. The Kier molecular flexibility index (Phi) is 9.68. The summed E-state index contributed by atoms with van der Waals surface area (Å²) >= 11 is 3.47. The lowest BCUT2D eigenvalue weighted by molar-refractivity contribution is 0.135. The van der Waals surface area contributed by atoms with E-state index >= 15 is 0 Å². The zero-order valence-corrected chi connectivity index (χ0v) is 23.9. The predicted octanol–water partition coefficient (Wildman–Crippen LogP) is 7.88. The van der Waals surface area contributed by atoms with E-state index in [1.54, 1.807) is 0 Å². The minimum atomic E-state index is -1.78. The standard InChI is InChI=1S/C23H43BrO3Si2/c1-22(2,3)28(7,8)26-17-19(18-27-29(9,10)23(4,5)6)15-16-25-21-13-11-20(24)12-14-21/h11-14,19H,15-18H2,1-10H3. The maximum absolute atomic E-state index is 6.54. The number of hydrogen-bond acceptors (Lipinski definition) is 3. The Morgan fingerprint density at radius 1 is 0.793 bits per heavy atom. The Labute approximate surface area is 190 Å². The van der Waals surface area contributed by atoms with Gasteiger partial charge in [0.15, 0.2) is 16.6 Å². The third kappa shape index (κ3) is 8.85. The van der Waals surface area contributed by atoms with Crippen molar-refractivity contribution in [2.45, 2.75) is 84.2 Å². The Morgan fingerprint density at radius 2 is 1.21 bits per heavy atom. The van der Waals surface area contributed by atoms with Crippen LogP contribution in [0.4, 0.5) is 0 Å². The first kappa shape index (κ1) is 26.9. The Bertz CT molecular complexity index is 586. The smallest absolute Gasteiger partial charge is 0.191 e. The van der Waals surface area contributed by atoms with Crippen LogP contribution in [0.5, 0.6) is 5.75 Å². The molecule has 29 heavy (non-hydrogen) atoms. The highest BCUT2D eigenvalue weighted by Gasteiger charge is 2.39. The highest BCUT2D eigenvalue weighted by Crippen LogP contribution is 2.38. The van der Waals surface area contributed by atoms with Crippen molar-refractivity contribution in [2.24, 2.45) is 5.92 Å². The summed E-state index contributed by atoms with van der Waals surface area (Å²) in [5.41, 5.74) is 0. The zero-order valence-electron chi connectivity index (χ0n) is 20.3. The molecule has 0 heterocycles. The van der Waals surface area contributed by atoms with Gasteiger partial charge in [-0.2, -0.15) is 0 Å². The van der Waals surface area contributed by atoms with Crippen LogP contribution in [0.3, 0.4) is 0 Å². The minimum Gasteiger partial charge on any atom is -0.494 e. The van der Waals surface area contributed by atoms with Gasteiger partial charge in [0.2, 0.25) is 0 Å². The fourth-order valence-corrected chi connectivity index (χ4v) is 4.61. The van der Waals surface area contributed by atoms with Gasteiger partial charge in [-0.15, -0.1) is 0 Å². The summed E-state index contributed by atoms with van der Waals surface area (Å²) in [7, 11) is -3.56. The largest absolute Gasteiger partial charge is 0.494 e. The molecule has 0 spiro atoms. The van der Waals surface area contributed by atoms with Gasteiger partial charge in [-0.05, 0) is 67.0 Å². The average molecular weight is 504 g/mol. The van der Waals surface area contributed by atoms with Crippen LogP contribution in [0.25, 0.3) is 0 Å². The van der Waals surface area contributed by atoms with E-state index in [-0.39, 0.29) is 10.1 Å². The van der Waals surface area contributed by atoms with E-state index in [1.807, 2.05) is 24.3 Å². The molecule has 0 unspecified atom stereocenters. The highest BCUT2D eigenvalue weighted by atomic mass is 79.9. The van der Waals surface area contributed by atoms with Crippen LogP contribution in [-0.4, -0.2) is 36.5 Å². The Balaban J connectivity index is 2.72. The van der Waals surface area contributed by atoms with Crippen molar-refractivity contribution in [3.63, 3.8) is 0 Å². The van der Waals surface area contributed by atoms with E-state index in [9.17, 15) is 0 Å². The first-order chi connectivity index (χ1) is 13.1. The molecule has 0 N–H and O–H groups in total. The molecule has 0 saturated heterocycles. The van der Waals surface area contributed by atoms with Crippen molar-refractivity contribution >= 4 is 32.6 Å². The first-order valence-electron chi connectivity index (χ1n) is 10.7. The van der Waals surface area contributed by atoms with Gasteiger partial charge in [-0.3, -0.25) is 0 Å². The van der Waals surface area contributed by atoms with Gasteiger partial charge in [-0.1, -0.05) is 57.5 Å². The second kappa shape index (κ2) is 10.4. The molecule has 6 heteroatoms. The molecule has 0 aromatic heterocycles. The van der Waals surface area contributed by atoms with Crippen molar-refractivity contribution in [3.8, 4) is 5.75 Å². The van der Waals surface area contributed by atoms with E-state index in [4.69, 9.17) is 13.6 Å². The average Bonchev–Trinajstić information content (AvgIpc) is 2.56. The normalized spacial score (nSPS) is 13.8. The lowest BCUT2D eigenvalue weighted by atomic mass is 10.1. The zero-order chi connectivity index (χ0) is 22.5. The predicted molar refractivity (Wildman–Crippen MR) is 134 cm³/mol. The van der Waals surface area contributed by atoms with Gasteiger partial charge in [-0.25, -0.2) is 0 Å². The van der Waals surface area contributed by atoms with Crippen LogP contribution in [0.15, 0.2) is 28.7 Å². The van der Waals surface area contributed by atoms with E-state index < -0.39 is 16.6 Å². The van der Waals surface area contributed by atoms with E-state index in [2.05, 4.69) is 83.7 Å². The number of ether oxygens (including phenoxy) is 1. The molecule has 0 aliphatic heterocycles. The third-order valence-corrected chi connectivity index (χ3v) is 16.1. The summed E-state index contributed by atoms with van der Waals surface area (Å²) in [6.45, 7) is 25.2. The topological polar surface area (TPSA) is 27.7 Å². The molecule has 0 fully saturated rings. The monoisotopic (exact) mass is 502 g/mol. The molecular weight excluding hydrogens is 460 g/mol. The highest BCUT2D eigenvalue weighted by molar-refractivity contribution is 9.10. The van der Waals surface area contributed by atoms with Crippen LogP contribution in [-0.2, 0) is 8.85 Å². The summed E-state index contributed by atoms with van der Waals surface area (Å²) in [4.78, 5) is 0. The quantitative estimate of drug-likeness (QED) is 0.304. The Morgan fingerprint density at radius 3 is 1.59 bits per heavy atom. The third-order valence-electron chi connectivity index (χ3n) is 6.58. The number of benzene rings is 1. The molecule has 1 aromatic rings. The molecule has 0 aliphatic rings. The SMILES string of the molecule is CC(C)(C)[Si](C)(C)OCC(CCOc1ccc(Br)cc1)CO[Si](C)(C)C(C)(C)C. The molecule has 0 saturated carbocycles.